The second-order valence-corrected chi connectivity index (χ2v) is 5.17. The van der Waals surface area contributed by atoms with Gasteiger partial charge in [-0.3, -0.25) is 0 Å². The van der Waals surface area contributed by atoms with E-state index in [0.29, 0.717) is 11.3 Å². The smallest absolute Gasteiger partial charge is 0.314 e. The SMILES string of the molecule is FC(F)(F)c1ccccc1CSN1CCNCC1. The van der Waals surface area contributed by atoms with E-state index in [4.69, 9.17) is 0 Å². The molecule has 1 aliphatic rings. The molecule has 6 heteroatoms. The zero-order valence-corrected chi connectivity index (χ0v) is 10.7. The first-order valence-corrected chi connectivity index (χ1v) is 6.75. The molecule has 0 radical (unpaired) electrons. The molecule has 1 aliphatic heterocycles. The molecule has 18 heavy (non-hydrogen) atoms. The van der Waals surface area contributed by atoms with Gasteiger partial charge < -0.3 is 5.32 Å². The number of nitrogens with one attached hydrogen (secondary N) is 1. The maximum Gasteiger partial charge on any atom is 0.416 e. The molecule has 0 saturated carbocycles. The average Bonchev–Trinajstić information content (AvgIpc) is 2.37. The molecular formula is C12H15F3N2S. The monoisotopic (exact) mass is 276 g/mol. The summed E-state index contributed by atoms with van der Waals surface area (Å²) in [5, 5.41) is 3.21. The lowest BCUT2D eigenvalue weighted by Crippen LogP contribution is -2.39. The van der Waals surface area contributed by atoms with Crippen LogP contribution in [0, 0.1) is 0 Å². The van der Waals surface area contributed by atoms with E-state index in [1.807, 2.05) is 0 Å². The van der Waals surface area contributed by atoms with Crippen LogP contribution in [0.4, 0.5) is 13.2 Å². The lowest BCUT2D eigenvalue weighted by atomic mass is 10.1. The van der Waals surface area contributed by atoms with Crippen LogP contribution < -0.4 is 5.32 Å². The standard InChI is InChI=1S/C12H15F3N2S/c13-12(14,15)11-4-2-1-3-10(11)9-18-17-7-5-16-6-8-17/h1-4,16H,5-9H2. The van der Waals surface area contributed by atoms with Gasteiger partial charge >= 0.3 is 6.18 Å². The molecule has 2 nitrogen and oxygen atoms in total. The van der Waals surface area contributed by atoms with Gasteiger partial charge in [0.25, 0.3) is 0 Å². The van der Waals surface area contributed by atoms with Crippen LogP contribution in [0.15, 0.2) is 24.3 Å². The van der Waals surface area contributed by atoms with E-state index in [2.05, 4.69) is 9.62 Å². The number of benzene rings is 1. The summed E-state index contributed by atoms with van der Waals surface area (Å²) in [6.45, 7) is 3.54. The Bertz CT molecular complexity index is 389. The normalized spacial score (nSPS) is 17.9. The zero-order chi connectivity index (χ0) is 13.0. The molecule has 0 atom stereocenters. The van der Waals surface area contributed by atoms with Crippen LogP contribution in [0.2, 0.25) is 0 Å². The number of alkyl halides is 3. The lowest BCUT2D eigenvalue weighted by molar-refractivity contribution is -0.138. The fraction of sp³-hybridized carbons (Fsp3) is 0.500. The molecule has 1 heterocycles. The van der Waals surface area contributed by atoms with E-state index in [0.717, 1.165) is 32.2 Å². The van der Waals surface area contributed by atoms with Crippen LogP contribution in [0.25, 0.3) is 0 Å². The summed E-state index contributed by atoms with van der Waals surface area (Å²) >= 11 is 1.47. The van der Waals surface area contributed by atoms with Crippen molar-refractivity contribution < 1.29 is 13.2 Å². The molecule has 0 spiro atoms. The Morgan fingerprint density at radius 2 is 1.83 bits per heavy atom. The first-order chi connectivity index (χ1) is 8.57. The van der Waals surface area contributed by atoms with E-state index in [1.165, 1.54) is 18.0 Å². The molecule has 1 aromatic carbocycles. The molecular weight excluding hydrogens is 261 g/mol. The van der Waals surface area contributed by atoms with Crippen LogP contribution in [-0.4, -0.2) is 30.5 Å². The molecule has 0 unspecified atom stereocenters. The third-order valence-corrected chi connectivity index (χ3v) is 3.97. The number of rotatable bonds is 3. The quantitative estimate of drug-likeness (QED) is 0.855. The van der Waals surface area contributed by atoms with Gasteiger partial charge in [-0.25, -0.2) is 4.31 Å². The molecule has 1 N–H and O–H groups in total. The van der Waals surface area contributed by atoms with Crippen molar-refractivity contribution in [1.29, 1.82) is 0 Å². The van der Waals surface area contributed by atoms with Gasteiger partial charge in [-0.1, -0.05) is 30.1 Å². The van der Waals surface area contributed by atoms with E-state index >= 15 is 0 Å². The summed E-state index contributed by atoms with van der Waals surface area (Å²) in [5.74, 6) is 0.371. The van der Waals surface area contributed by atoms with Crippen LogP contribution in [-0.2, 0) is 11.9 Å². The average molecular weight is 276 g/mol. The molecule has 0 aliphatic carbocycles. The van der Waals surface area contributed by atoms with Gasteiger partial charge in [0, 0.05) is 31.9 Å². The Hall–Kier alpha value is -0.720. The highest BCUT2D eigenvalue weighted by atomic mass is 32.2. The zero-order valence-electron chi connectivity index (χ0n) is 9.83. The maximum absolute atomic E-state index is 12.8. The largest absolute Gasteiger partial charge is 0.416 e. The maximum atomic E-state index is 12.8. The van der Waals surface area contributed by atoms with Crippen molar-refractivity contribution in [3.8, 4) is 0 Å². The third-order valence-electron chi connectivity index (χ3n) is 2.80. The predicted molar refractivity (Wildman–Crippen MR) is 67.2 cm³/mol. The highest BCUT2D eigenvalue weighted by Crippen LogP contribution is 2.33. The van der Waals surface area contributed by atoms with Gasteiger partial charge in [-0.2, -0.15) is 13.2 Å². The van der Waals surface area contributed by atoms with Crippen molar-refractivity contribution >= 4 is 11.9 Å². The third kappa shape index (κ3) is 3.63. The van der Waals surface area contributed by atoms with Crippen LogP contribution >= 0.6 is 11.9 Å². The van der Waals surface area contributed by atoms with Crippen molar-refractivity contribution in [3.63, 3.8) is 0 Å². The van der Waals surface area contributed by atoms with Crippen molar-refractivity contribution in [1.82, 2.24) is 9.62 Å². The fourth-order valence-corrected chi connectivity index (χ4v) is 2.87. The Morgan fingerprint density at radius 3 is 2.50 bits per heavy atom. The molecule has 0 aromatic heterocycles. The Labute approximate surface area is 109 Å². The van der Waals surface area contributed by atoms with E-state index in [1.54, 1.807) is 12.1 Å². The van der Waals surface area contributed by atoms with Crippen molar-refractivity contribution in [2.45, 2.75) is 11.9 Å². The fourth-order valence-electron chi connectivity index (χ4n) is 1.86. The minimum atomic E-state index is -4.26. The molecule has 1 fully saturated rings. The molecule has 2 rings (SSSR count). The van der Waals surface area contributed by atoms with E-state index < -0.39 is 11.7 Å². The van der Waals surface area contributed by atoms with Gasteiger partial charge in [0.2, 0.25) is 0 Å². The number of hydrogen-bond donors (Lipinski definition) is 1. The van der Waals surface area contributed by atoms with Gasteiger partial charge in [0.05, 0.1) is 5.56 Å². The van der Waals surface area contributed by atoms with E-state index in [-0.39, 0.29) is 0 Å². The number of halogens is 3. The van der Waals surface area contributed by atoms with Gasteiger partial charge in [0.1, 0.15) is 0 Å². The second kappa shape index (κ2) is 5.95. The second-order valence-electron chi connectivity index (χ2n) is 4.11. The summed E-state index contributed by atoms with van der Waals surface area (Å²) in [6, 6.07) is 5.79. The van der Waals surface area contributed by atoms with E-state index in [9.17, 15) is 13.2 Å². The number of hydrogen-bond acceptors (Lipinski definition) is 3. The summed E-state index contributed by atoms with van der Waals surface area (Å²) in [4.78, 5) is 0. The van der Waals surface area contributed by atoms with Crippen LogP contribution in [0.1, 0.15) is 11.1 Å². The van der Waals surface area contributed by atoms with Crippen LogP contribution in [0.3, 0.4) is 0 Å². The molecule has 1 aromatic rings. The summed E-state index contributed by atoms with van der Waals surface area (Å²) < 4.78 is 40.5. The lowest BCUT2D eigenvalue weighted by Gasteiger charge is -2.26. The minimum Gasteiger partial charge on any atom is -0.314 e. The van der Waals surface area contributed by atoms with Crippen molar-refractivity contribution in [2.24, 2.45) is 0 Å². The summed E-state index contributed by atoms with van der Waals surface area (Å²) in [7, 11) is 0. The van der Waals surface area contributed by atoms with Crippen molar-refractivity contribution in [2.75, 3.05) is 26.2 Å². The van der Waals surface area contributed by atoms with Gasteiger partial charge in [-0.15, -0.1) is 0 Å². The number of piperazine rings is 1. The van der Waals surface area contributed by atoms with Crippen LogP contribution in [0.5, 0.6) is 0 Å². The highest BCUT2D eigenvalue weighted by Gasteiger charge is 2.32. The first kappa shape index (κ1) is 13.7. The number of nitrogens with zero attached hydrogens (tertiary/aromatic N) is 1. The topological polar surface area (TPSA) is 15.3 Å². The highest BCUT2D eigenvalue weighted by molar-refractivity contribution is 7.96. The summed E-state index contributed by atoms with van der Waals surface area (Å²) in [6.07, 6.45) is -4.26. The Balaban J connectivity index is 2.00. The predicted octanol–water partition coefficient (Wildman–Crippen LogP) is 2.76. The molecule has 0 bridgehead atoms. The first-order valence-electron chi connectivity index (χ1n) is 5.81. The van der Waals surface area contributed by atoms with Crippen molar-refractivity contribution in [3.05, 3.63) is 35.4 Å². The summed E-state index contributed by atoms with van der Waals surface area (Å²) in [5.41, 5.74) is -0.166. The van der Waals surface area contributed by atoms with Gasteiger partial charge in [-0.05, 0) is 11.6 Å². The minimum absolute atomic E-state index is 0.355. The Morgan fingerprint density at radius 1 is 1.17 bits per heavy atom. The molecule has 100 valence electrons. The molecule has 0 amide bonds. The molecule has 1 saturated heterocycles. The van der Waals surface area contributed by atoms with Gasteiger partial charge in [0.15, 0.2) is 0 Å². The Kier molecular flexibility index (Phi) is 4.53.